The molecule has 0 spiro atoms. The summed E-state index contributed by atoms with van der Waals surface area (Å²) in [5, 5.41) is 9.01. The Balaban J connectivity index is 2.72. The number of rotatable bonds is 6. The minimum absolute atomic E-state index is 0.0626. The van der Waals surface area contributed by atoms with Gasteiger partial charge in [0.15, 0.2) is 11.4 Å². The molecule has 1 aromatic heterocycles. The summed E-state index contributed by atoms with van der Waals surface area (Å²) in [6.07, 6.45) is -4.31. The van der Waals surface area contributed by atoms with Gasteiger partial charge in [-0.2, -0.15) is 13.2 Å². The first-order chi connectivity index (χ1) is 9.20. The van der Waals surface area contributed by atoms with Gasteiger partial charge in [-0.15, -0.1) is 0 Å². The van der Waals surface area contributed by atoms with E-state index in [1.54, 1.807) is 13.8 Å². The molecule has 0 atom stereocenters. The highest BCUT2D eigenvalue weighted by molar-refractivity contribution is 5.88. The maximum absolute atomic E-state index is 12.0. The lowest BCUT2D eigenvalue weighted by atomic mass is 10.2. The molecule has 0 saturated carbocycles. The second-order valence-electron chi connectivity index (χ2n) is 4.47. The maximum Gasteiger partial charge on any atom is 0.389 e. The third-order valence-electron chi connectivity index (χ3n) is 2.35. The van der Waals surface area contributed by atoms with Crippen LogP contribution in [0.2, 0.25) is 0 Å². The van der Waals surface area contributed by atoms with Crippen LogP contribution >= 0.6 is 0 Å². The van der Waals surface area contributed by atoms with Crippen LogP contribution in [-0.2, 0) is 0 Å². The molecular formula is C12H15F3N2O3. The monoisotopic (exact) mass is 292 g/mol. The van der Waals surface area contributed by atoms with E-state index in [-0.39, 0.29) is 30.4 Å². The summed E-state index contributed by atoms with van der Waals surface area (Å²) in [5.74, 6) is -1.15. The summed E-state index contributed by atoms with van der Waals surface area (Å²) in [5.41, 5.74) is -0.337. The smallest absolute Gasteiger partial charge is 0.389 e. The molecule has 0 aliphatic carbocycles. The number of halogens is 3. The van der Waals surface area contributed by atoms with Crippen molar-refractivity contribution in [2.24, 2.45) is 0 Å². The summed E-state index contributed by atoms with van der Waals surface area (Å²) < 4.78 is 40.9. The molecule has 0 aliphatic heterocycles. The number of nitrogens with zero attached hydrogens (tertiary/aromatic N) is 2. The number of carbonyl (C=O) groups is 1. The predicted octanol–water partition coefficient (Wildman–Crippen LogP) is 3.02. The average Bonchev–Trinajstić information content (AvgIpc) is 2.33. The maximum atomic E-state index is 12.0. The van der Waals surface area contributed by atoms with E-state index in [0.29, 0.717) is 5.82 Å². The van der Waals surface area contributed by atoms with Crippen LogP contribution in [0.5, 0.6) is 5.75 Å². The first-order valence-corrected chi connectivity index (χ1v) is 6.00. The molecule has 1 heterocycles. The normalized spacial score (nSPS) is 11.7. The first-order valence-electron chi connectivity index (χ1n) is 6.00. The highest BCUT2D eigenvalue weighted by Crippen LogP contribution is 2.22. The fourth-order valence-corrected chi connectivity index (χ4v) is 1.38. The summed E-state index contributed by atoms with van der Waals surface area (Å²) in [4.78, 5) is 18.8. The van der Waals surface area contributed by atoms with E-state index in [2.05, 4.69) is 9.97 Å². The van der Waals surface area contributed by atoms with Crippen LogP contribution < -0.4 is 4.74 Å². The van der Waals surface area contributed by atoms with E-state index in [1.807, 2.05) is 0 Å². The number of hydrogen-bond donors (Lipinski definition) is 1. The van der Waals surface area contributed by atoms with Gasteiger partial charge in [0.2, 0.25) is 0 Å². The SMILES string of the molecule is CC(C)c1ncc(OCCCC(F)(F)F)c(C(=O)O)n1. The fraction of sp³-hybridized carbons (Fsp3) is 0.583. The molecule has 1 rings (SSSR count). The molecule has 0 amide bonds. The highest BCUT2D eigenvalue weighted by atomic mass is 19.4. The van der Waals surface area contributed by atoms with Crippen LogP contribution in [-0.4, -0.2) is 33.8 Å². The zero-order valence-corrected chi connectivity index (χ0v) is 11.1. The van der Waals surface area contributed by atoms with Crippen molar-refractivity contribution in [2.75, 3.05) is 6.61 Å². The Morgan fingerprint density at radius 2 is 2.10 bits per heavy atom. The van der Waals surface area contributed by atoms with Crippen molar-refractivity contribution in [1.29, 1.82) is 0 Å². The molecule has 112 valence electrons. The summed E-state index contributed by atoms with van der Waals surface area (Å²) in [7, 11) is 0. The molecule has 8 heteroatoms. The van der Waals surface area contributed by atoms with Crippen molar-refractivity contribution in [1.82, 2.24) is 9.97 Å². The van der Waals surface area contributed by atoms with Gasteiger partial charge in [0.05, 0.1) is 12.8 Å². The number of alkyl halides is 3. The second kappa shape index (κ2) is 6.53. The summed E-state index contributed by atoms with van der Waals surface area (Å²) >= 11 is 0. The number of carboxylic acid groups (broad SMARTS) is 1. The quantitative estimate of drug-likeness (QED) is 0.816. The molecule has 20 heavy (non-hydrogen) atoms. The van der Waals surface area contributed by atoms with Crippen molar-refractivity contribution in [3.05, 3.63) is 17.7 Å². The van der Waals surface area contributed by atoms with Gasteiger partial charge in [-0.25, -0.2) is 14.8 Å². The number of ether oxygens (including phenoxy) is 1. The minimum Gasteiger partial charge on any atom is -0.489 e. The Labute approximate surface area is 113 Å². The number of aromatic nitrogens is 2. The Morgan fingerprint density at radius 1 is 1.45 bits per heavy atom. The van der Waals surface area contributed by atoms with Crippen LogP contribution in [0.1, 0.15) is 48.9 Å². The summed E-state index contributed by atoms with van der Waals surface area (Å²) in [6, 6.07) is 0. The Bertz CT molecular complexity index is 476. The second-order valence-corrected chi connectivity index (χ2v) is 4.47. The highest BCUT2D eigenvalue weighted by Gasteiger charge is 2.26. The molecule has 1 aromatic rings. The van der Waals surface area contributed by atoms with Crippen molar-refractivity contribution >= 4 is 5.97 Å². The van der Waals surface area contributed by atoms with Crippen molar-refractivity contribution in [3.63, 3.8) is 0 Å². The minimum atomic E-state index is -4.25. The largest absolute Gasteiger partial charge is 0.489 e. The van der Waals surface area contributed by atoms with E-state index in [9.17, 15) is 18.0 Å². The van der Waals surface area contributed by atoms with Crippen molar-refractivity contribution in [3.8, 4) is 5.75 Å². The lowest BCUT2D eigenvalue weighted by Gasteiger charge is -2.11. The molecule has 0 aromatic carbocycles. The average molecular weight is 292 g/mol. The molecule has 0 fully saturated rings. The van der Waals surface area contributed by atoms with Crippen LogP contribution in [0, 0.1) is 0 Å². The lowest BCUT2D eigenvalue weighted by Crippen LogP contribution is -2.13. The van der Waals surface area contributed by atoms with Gasteiger partial charge in [-0.1, -0.05) is 13.8 Å². The fourth-order valence-electron chi connectivity index (χ4n) is 1.38. The molecule has 0 unspecified atom stereocenters. The van der Waals surface area contributed by atoms with Crippen LogP contribution in [0.3, 0.4) is 0 Å². The topological polar surface area (TPSA) is 72.3 Å². The van der Waals surface area contributed by atoms with E-state index in [4.69, 9.17) is 9.84 Å². The molecule has 0 saturated heterocycles. The van der Waals surface area contributed by atoms with E-state index < -0.39 is 18.6 Å². The Kier molecular flexibility index (Phi) is 5.29. The molecule has 0 bridgehead atoms. The molecular weight excluding hydrogens is 277 g/mol. The standard InChI is InChI=1S/C12H15F3N2O3/c1-7(2)10-16-6-8(9(17-10)11(18)19)20-5-3-4-12(13,14)15/h6-7H,3-5H2,1-2H3,(H,18,19). The zero-order valence-electron chi connectivity index (χ0n) is 11.1. The third-order valence-corrected chi connectivity index (χ3v) is 2.35. The number of carboxylic acids is 1. The lowest BCUT2D eigenvalue weighted by molar-refractivity contribution is -0.136. The summed E-state index contributed by atoms with van der Waals surface area (Å²) in [6.45, 7) is 3.35. The molecule has 0 radical (unpaired) electrons. The number of aromatic carboxylic acids is 1. The van der Waals surface area contributed by atoms with E-state index in [0.717, 1.165) is 0 Å². The number of hydrogen-bond acceptors (Lipinski definition) is 4. The predicted molar refractivity (Wildman–Crippen MR) is 63.9 cm³/mol. The Morgan fingerprint density at radius 3 is 2.60 bits per heavy atom. The Hall–Kier alpha value is -1.86. The van der Waals surface area contributed by atoms with Gasteiger partial charge in [-0.05, 0) is 6.42 Å². The van der Waals surface area contributed by atoms with Gasteiger partial charge >= 0.3 is 12.1 Å². The molecule has 5 nitrogen and oxygen atoms in total. The van der Waals surface area contributed by atoms with Crippen molar-refractivity contribution in [2.45, 2.75) is 38.8 Å². The van der Waals surface area contributed by atoms with Crippen LogP contribution in [0.4, 0.5) is 13.2 Å². The van der Waals surface area contributed by atoms with Gasteiger partial charge < -0.3 is 9.84 Å². The van der Waals surface area contributed by atoms with Gasteiger partial charge in [-0.3, -0.25) is 0 Å². The van der Waals surface area contributed by atoms with Gasteiger partial charge in [0.1, 0.15) is 5.82 Å². The van der Waals surface area contributed by atoms with Crippen LogP contribution in [0.15, 0.2) is 6.20 Å². The molecule has 0 aliphatic rings. The van der Waals surface area contributed by atoms with E-state index in [1.165, 1.54) is 6.20 Å². The van der Waals surface area contributed by atoms with Gasteiger partial charge in [0.25, 0.3) is 0 Å². The first kappa shape index (κ1) is 16.2. The molecule has 1 N–H and O–H groups in total. The van der Waals surface area contributed by atoms with Crippen LogP contribution in [0.25, 0.3) is 0 Å². The van der Waals surface area contributed by atoms with Gasteiger partial charge in [0, 0.05) is 12.3 Å². The van der Waals surface area contributed by atoms with E-state index >= 15 is 0 Å². The zero-order chi connectivity index (χ0) is 15.3. The van der Waals surface area contributed by atoms with Crippen molar-refractivity contribution < 1.29 is 27.8 Å². The third kappa shape index (κ3) is 5.02.